The minimum absolute atomic E-state index is 0.000653. The molecule has 0 N–H and O–H groups in total. The first kappa shape index (κ1) is 15.0. The summed E-state index contributed by atoms with van der Waals surface area (Å²) in [6, 6.07) is 7.60. The Morgan fingerprint density at radius 3 is 2.47 bits per heavy atom. The van der Waals surface area contributed by atoms with Crippen LogP contribution in [0.15, 0.2) is 18.2 Å². The van der Waals surface area contributed by atoms with Crippen LogP contribution in [0.4, 0.5) is 5.69 Å². The summed E-state index contributed by atoms with van der Waals surface area (Å²) in [5.41, 5.74) is 1.72. The zero-order valence-corrected chi connectivity index (χ0v) is 12.1. The van der Waals surface area contributed by atoms with E-state index >= 15 is 0 Å². The van der Waals surface area contributed by atoms with Crippen molar-refractivity contribution >= 4 is 11.6 Å². The van der Waals surface area contributed by atoms with Gasteiger partial charge in [0.05, 0.1) is 13.2 Å². The van der Waals surface area contributed by atoms with Gasteiger partial charge in [-0.3, -0.25) is 4.79 Å². The maximum atomic E-state index is 12.3. The first-order valence-electron chi connectivity index (χ1n) is 6.24. The van der Waals surface area contributed by atoms with E-state index in [4.69, 9.17) is 10.00 Å². The number of nitriles is 1. The van der Waals surface area contributed by atoms with Gasteiger partial charge in [0.1, 0.15) is 11.7 Å². The van der Waals surface area contributed by atoms with E-state index in [1.807, 2.05) is 39.0 Å². The van der Waals surface area contributed by atoms with Crippen molar-refractivity contribution in [3.63, 3.8) is 0 Å². The number of hydrogen-bond donors (Lipinski definition) is 0. The molecule has 0 fully saturated rings. The SMILES string of the molecule is COc1ccc(N(C)C(=O)C(C#N)C(C)C)cc1C. The van der Waals surface area contributed by atoms with Crippen LogP contribution in [0.5, 0.6) is 5.75 Å². The lowest BCUT2D eigenvalue weighted by Gasteiger charge is -2.22. The van der Waals surface area contributed by atoms with Crippen LogP contribution < -0.4 is 9.64 Å². The molecular formula is C15H20N2O2. The van der Waals surface area contributed by atoms with E-state index in [1.165, 1.54) is 4.90 Å². The van der Waals surface area contributed by atoms with Gasteiger partial charge in [-0.2, -0.15) is 5.26 Å². The molecular weight excluding hydrogens is 240 g/mol. The monoisotopic (exact) mass is 260 g/mol. The number of nitrogens with zero attached hydrogens (tertiary/aromatic N) is 2. The summed E-state index contributed by atoms with van der Waals surface area (Å²) in [7, 11) is 3.30. The van der Waals surface area contributed by atoms with Gasteiger partial charge in [0.2, 0.25) is 5.91 Å². The Morgan fingerprint density at radius 1 is 1.42 bits per heavy atom. The second kappa shape index (κ2) is 6.24. The maximum Gasteiger partial charge on any atom is 0.244 e. The number of aryl methyl sites for hydroxylation is 1. The number of carbonyl (C=O) groups excluding carboxylic acids is 1. The summed E-state index contributed by atoms with van der Waals surface area (Å²) < 4.78 is 5.19. The molecule has 19 heavy (non-hydrogen) atoms. The van der Waals surface area contributed by atoms with Gasteiger partial charge in [0.25, 0.3) is 0 Å². The fourth-order valence-corrected chi connectivity index (χ4v) is 1.90. The van der Waals surface area contributed by atoms with Crippen LogP contribution in [0.3, 0.4) is 0 Å². The van der Waals surface area contributed by atoms with E-state index < -0.39 is 5.92 Å². The normalized spacial score (nSPS) is 11.8. The van der Waals surface area contributed by atoms with Crippen LogP contribution in [0, 0.1) is 30.1 Å². The molecule has 0 aliphatic carbocycles. The van der Waals surface area contributed by atoms with E-state index in [0.29, 0.717) is 0 Å². The predicted octanol–water partition coefficient (Wildman–Crippen LogP) is 2.76. The first-order chi connectivity index (χ1) is 8.92. The third kappa shape index (κ3) is 3.25. The van der Waals surface area contributed by atoms with E-state index in [2.05, 4.69) is 6.07 Å². The van der Waals surface area contributed by atoms with Gasteiger partial charge >= 0.3 is 0 Å². The molecule has 0 aliphatic rings. The van der Waals surface area contributed by atoms with Gasteiger partial charge in [-0.05, 0) is 36.6 Å². The number of anilines is 1. The quantitative estimate of drug-likeness (QED) is 0.836. The number of carbonyl (C=O) groups is 1. The molecule has 0 spiro atoms. The molecule has 0 aromatic heterocycles. The molecule has 0 bridgehead atoms. The molecule has 0 saturated heterocycles. The summed E-state index contributed by atoms with van der Waals surface area (Å²) in [5, 5.41) is 9.08. The molecule has 1 aromatic rings. The highest BCUT2D eigenvalue weighted by Crippen LogP contribution is 2.25. The topological polar surface area (TPSA) is 53.3 Å². The fourth-order valence-electron chi connectivity index (χ4n) is 1.90. The van der Waals surface area contributed by atoms with Crippen LogP contribution >= 0.6 is 0 Å². The molecule has 4 nitrogen and oxygen atoms in total. The predicted molar refractivity (Wildman–Crippen MR) is 75.1 cm³/mol. The van der Waals surface area contributed by atoms with Crippen molar-refractivity contribution < 1.29 is 9.53 Å². The minimum atomic E-state index is -0.618. The van der Waals surface area contributed by atoms with Crippen molar-refractivity contribution in [3.8, 4) is 11.8 Å². The number of hydrogen-bond acceptors (Lipinski definition) is 3. The Bertz CT molecular complexity index is 503. The Kier molecular flexibility index (Phi) is 4.94. The van der Waals surface area contributed by atoms with Gasteiger partial charge in [-0.25, -0.2) is 0 Å². The van der Waals surface area contributed by atoms with E-state index in [1.54, 1.807) is 14.2 Å². The van der Waals surface area contributed by atoms with Gasteiger partial charge in [-0.15, -0.1) is 0 Å². The summed E-state index contributed by atoms with van der Waals surface area (Å²) in [6.45, 7) is 5.67. The molecule has 4 heteroatoms. The van der Waals surface area contributed by atoms with E-state index in [9.17, 15) is 4.79 Å². The van der Waals surface area contributed by atoms with Crippen LogP contribution in [0.25, 0.3) is 0 Å². The molecule has 0 radical (unpaired) electrons. The lowest BCUT2D eigenvalue weighted by Crippen LogP contribution is -2.34. The smallest absolute Gasteiger partial charge is 0.244 e. The van der Waals surface area contributed by atoms with Crippen molar-refractivity contribution in [2.24, 2.45) is 11.8 Å². The lowest BCUT2D eigenvalue weighted by atomic mass is 9.96. The highest BCUT2D eigenvalue weighted by molar-refractivity contribution is 5.96. The molecule has 1 atom stereocenters. The molecule has 0 aliphatic heterocycles. The molecule has 1 amide bonds. The Labute approximate surface area is 114 Å². The van der Waals surface area contributed by atoms with Gasteiger partial charge in [-0.1, -0.05) is 13.8 Å². The lowest BCUT2D eigenvalue weighted by molar-refractivity contribution is -0.121. The highest BCUT2D eigenvalue weighted by atomic mass is 16.5. The maximum absolute atomic E-state index is 12.3. The van der Waals surface area contributed by atoms with Gasteiger partial charge < -0.3 is 9.64 Å². The van der Waals surface area contributed by atoms with E-state index in [-0.39, 0.29) is 11.8 Å². The Hall–Kier alpha value is -2.02. The molecule has 0 saturated carbocycles. The Morgan fingerprint density at radius 2 is 2.05 bits per heavy atom. The van der Waals surface area contributed by atoms with Crippen molar-refractivity contribution in [1.29, 1.82) is 5.26 Å². The number of ether oxygens (including phenoxy) is 1. The summed E-state index contributed by atoms with van der Waals surface area (Å²) >= 11 is 0. The van der Waals surface area contributed by atoms with Crippen molar-refractivity contribution in [2.45, 2.75) is 20.8 Å². The summed E-state index contributed by atoms with van der Waals surface area (Å²) in [5.74, 6) is -0.0148. The van der Waals surface area contributed by atoms with Crippen molar-refractivity contribution in [2.75, 3.05) is 19.1 Å². The van der Waals surface area contributed by atoms with Crippen molar-refractivity contribution in [1.82, 2.24) is 0 Å². The van der Waals surface area contributed by atoms with Gasteiger partial charge in [0, 0.05) is 12.7 Å². The highest BCUT2D eigenvalue weighted by Gasteiger charge is 2.25. The summed E-state index contributed by atoms with van der Waals surface area (Å²) in [4.78, 5) is 13.8. The molecule has 1 rings (SSSR count). The van der Waals surface area contributed by atoms with Crippen LogP contribution in [-0.4, -0.2) is 20.1 Å². The minimum Gasteiger partial charge on any atom is -0.496 e. The average molecular weight is 260 g/mol. The third-order valence-corrected chi connectivity index (χ3v) is 3.17. The van der Waals surface area contributed by atoms with Gasteiger partial charge in [0.15, 0.2) is 0 Å². The largest absolute Gasteiger partial charge is 0.496 e. The van der Waals surface area contributed by atoms with Crippen LogP contribution in [0.1, 0.15) is 19.4 Å². The zero-order chi connectivity index (χ0) is 14.6. The number of amides is 1. The Balaban J connectivity index is 3.00. The third-order valence-electron chi connectivity index (χ3n) is 3.17. The molecule has 1 aromatic carbocycles. The van der Waals surface area contributed by atoms with Crippen molar-refractivity contribution in [3.05, 3.63) is 23.8 Å². The average Bonchev–Trinajstić information content (AvgIpc) is 2.37. The number of rotatable bonds is 4. The first-order valence-corrected chi connectivity index (χ1v) is 6.24. The standard InChI is InChI=1S/C15H20N2O2/c1-10(2)13(9-16)15(18)17(4)12-6-7-14(19-5)11(3)8-12/h6-8,10,13H,1-5H3. The number of methoxy groups -OCH3 is 1. The zero-order valence-electron chi connectivity index (χ0n) is 12.1. The fraction of sp³-hybridized carbons (Fsp3) is 0.467. The second-order valence-corrected chi connectivity index (χ2v) is 4.90. The van der Waals surface area contributed by atoms with Crippen LogP contribution in [0.2, 0.25) is 0 Å². The molecule has 0 heterocycles. The number of benzene rings is 1. The van der Waals surface area contributed by atoms with E-state index in [0.717, 1.165) is 17.0 Å². The van der Waals surface area contributed by atoms with Crippen LogP contribution in [-0.2, 0) is 4.79 Å². The molecule has 1 unspecified atom stereocenters. The summed E-state index contributed by atoms with van der Waals surface area (Å²) in [6.07, 6.45) is 0. The second-order valence-electron chi connectivity index (χ2n) is 4.90. The molecule has 102 valence electrons.